The number of benzene rings is 3. The van der Waals surface area contributed by atoms with Crippen LogP contribution in [0.5, 0.6) is 0 Å². The van der Waals surface area contributed by atoms with Gasteiger partial charge in [-0.1, -0.05) is 78.3 Å². The number of aliphatic carboxylic acids is 2. The molecule has 0 spiro atoms. The standard InChI is InChI=1S/C29H31ClN4O2.2C2HF3O2/c30-25-12-10-22(11-13-25)28(21-6-2-1-3-7-21)33-16-14-32(15-17-33)27(35)18-26(31)29(36)34-19-23-8-4-5-9-24(23)20-34;2*3-2(4,5)1(6)7/h1-13,26,28H,14-20,31H2;2*(H,6,7)/t26-,28?;;/m0../s1. The van der Waals surface area contributed by atoms with Crippen molar-refractivity contribution in [2.45, 2.75) is 43.9 Å². The largest absolute Gasteiger partial charge is 0.490 e. The number of amides is 2. The number of rotatable bonds is 6. The van der Waals surface area contributed by atoms with Crippen LogP contribution < -0.4 is 5.73 Å². The number of nitrogens with zero attached hydrogens (tertiary/aromatic N) is 3. The van der Waals surface area contributed by atoms with Crippen LogP contribution in [0.3, 0.4) is 0 Å². The summed E-state index contributed by atoms with van der Waals surface area (Å²) in [6, 6.07) is 25.7. The average Bonchev–Trinajstić information content (AvgIpc) is 3.50. The van der Waals surface area contributed by atoms with Crippen LogP contribution in [-0.4, -0.2) is 93.2 Å². The lowest BCUT2D eigenvalue weighted by Gasteiger charge is -2.40. The lowest BCUT2D eigenvalue weighted by Crippen LogP contribution is -2.52. The maximum Gasteiger partial charge on any atom is 0.490 e. The van der Waals surface area contributed by atoms with Gasteiger partial charge in [0.15, 0.2) is 0 Å². The monoisotopic (exact) mass is 730 g/mol. The average molecular weight is 731 g/mol. The topological polar surface area (TPSA) is 144 Å². The molecule has 0 aromatic heterocycles. The molecule has 2 atom stereocenters. The lowest BCUT2D eigenvalue weighted by atomic mass is 9.96. The molecule has 270 valence electrons. The van der Waals surface area contributed by atoms with E-state index in [9.17, 15) is 35.9 Å². The lowest BCUT2D eigenvalue weighted by molar-refractivity contribution is -0.193. The fourth-order valence-corrected chi connectivity index (χ4v) is 5.38. The van der Waals surface area contributed by atoms with Gasteiger partial charge in [0.1, 0.15) is 0 Å². The first-order chi connectivity index (χ1) is 23.4. The fourth-order valence-electron chi connectivity index (χ4n) is 5.25. The highest BCUT2D eigenvalue weighted by molar-refractivity contribution is 6.30. The second-order valence-electron chi connectivity index (χ2n) is 11.2. The van der Waals surface area contributed by atoms with Crippen LogP contribution in [-0.2, 0) is 32.3 Å². The number of carbonyl (C=O) groups is 4. The van der Waals surface area contributed by atoms with E-state index in [0.29, 0.717) is 31.2 Å². The van der Waals surface area contributed by atoms with Crippen LogP contribution in [0, 0.1) is 0 Å². The number of alkyl halides is 6. The van der Waals surface area contributed by atoms with Crippen LogP contribution >= 0.6 is 11.6 Å². The van der Waals surface area contributed by atoms with E-state index < -0.39 is 30.3 Å². The van der Waals surface area contributed by atoms with E-state index in [1.54, 1.807) is 4.90 Å². The maximum absolute atomic E-state index is 13.0. The van der Waals surface area contributed by atoms with Crippen molar-refractivity contribution in [3.63, 3.8) is 0 Å². The Hall–Kier alpha value is -4.67. The van der Waals surface area contributed by atoms with Crippen molar-refractivity contribution < 1.29 is 55.7 Å². The summed E-state index contributed by atoms with van der Waals surface area (Å²) in [6.07, 6.45) is -10.1. The molecule has 2 aliphatic rings. The Kier molecular flexibility index (Phi) is 13.8. The predicted octanol–water partition coefficient (Wildman–Crippen LogP) is 5.10. The highest BCUT2D eigenvalue weighted by Crippen LogP contribution is 2.31. The van der Waals surface area contributed by atoms with Gasteiger partial charge in [0.2, 0.25) is 11.8 Å². The van der Waals surface area contributed by atoms with Crippen molar-refractivity contribution in [1.82, 2.24) is 14.7 Å². The number of carboxylic acids is 2. The summed E-state index contributed by atoms with van der Waals surface area (Å²) >= 11 is 6.14. The van der Waals surface area contributed by atoms with Gasteiger partial charge >= 0.3 is 24.3 Å². The number of carboxylic acid groups (broad SMARTS) is 2. The Balaban J connectivity index is 0.000000408. The minimum atomic E-state index is -5.08. The van der Waals surface area contributed by atoms with Gasteiger partial charge in [-0.2, -0.15) is 26.3 Å². The number of halogens is 7. The summed E-state index contributed by atoms with van der Waals surface area (Å²) in [5.41, 5.74) is 10.9. The molecule has 4 N–H and O–H groups in total. The summed E-state index contributed by atoms with van der Waals surface area (Å²) < 4.78 is 63.5. The highest BCUT2D eigenvalue weighted by Gasteiger charge is 2.39. The Morgan fingerprint density at radius 1 is 0.680 bits per heavy atom. The maximum atomic E-state index is 13.0. The first-order valence-electron chi connectivity index (χ1n) is 14.9. The first kappa shape index (κ1) is 39.8. The molecule has 0 radical (unpaired) electrons. The minimum absolute atomic E-state index is 0.0327. The van der Waals surface area contributed by atoms with Crippen LogP contribution in [0.2, 0.25) is 5.02 Å². The quantitative estimate of drug-likeness (QED) is 0.298. The number of nitrogens with two attached hydrogens (primary N) is 1. The van der Waals surface area contributed by atoms with E-state index in [-0.39, 0.29) is 24.3 Å². The van der Waals surface area contributed by atoms with E-state index in [4.69, 9.17) is 37.1 Å². The molecule has 2 amide bonds. The van der Waals surface area contributed by atoms with Gasteiger partial charge in [-0.05, 0) is 34.4 Å². The third kappa shape index (κ3) is 11.5. The molecule has 1 unspecified atom stereocenters. The van der Waals surface area contributed by atoms with Gasteiger partial charge in [-0.25, -0.2) is 9.59 Å². The Morgan fingerprint density at radius 3 is 1.54 bits per heavy atom. The fraction of sp³-hybridized carbons (Fsp3) is 0.333. The van der Waals surface area contributed by atoms with Crippen LogP contribution in [0.1, 0.15) is 34.7 Å². The molecule has 1 fully saturated rings. The zero-order valence-corrected chi connectivity index (χ0v) is 27.0. The molecule has 1 saturated heterocycles. The van der Waals surface area contributed by atoms with E-state index in [1.165, 1.54) is 11.1 Å². The van der Waals surface area contributed by atoms with Crippen molar-refractivity contribution in [2.75, 3.05) is 26.2 Å². The van der Waals surface area contributed by atoms with Crippen LogP contribution in [0.25, 0.3) is 0 Å². The normalized spacial score (nSPS) is 15.8. The van der Waals surface area contributed by atoms with Gasteiger partial charge in [0, 0.05) is 44.3 Å². The molecule has 5 rings (SSSR count). The van der Waals surface area contributed by atoms with Gasteiger partial charge in [-0.3, -0.25) is 14.5 Å². The van der Waals surface area contributed by atoms with Gasteiger partial charge in [0.25, 0.3) is 0 Å². The second-order valence-corrected chi connectivity index (χ2v) is 11.6. The molecule has 2 aliphatic heterocycles. The summed E-state index contributed by atoms with van der Waals surface area (Å²) in [7, 11) is 0. The van der Waals surface area contributed by atoms with Gasteiger partial charge < -0.3 is 25.7 Å². The summed E-state index contributed by atoms with van der Waals surface area (Å²) in [5, 5.41) is 15.0. The van der Waals surface area contributed by atoms with E-state index in [0.717, 1.165) is 24.2 Å². The van der Waals surface area contributed by atoms with Crippen molar-refractivity contribution in [2.24, 2.45) is 5.73 Å². The molecule has 17 heteroatoms. The molecule has 50 heavy (non-hydrogen) atoms. The number of fused-ring (bicyclic) bond motifs is 1. The van der Waals surface area contributed by atoms with Crippen molar-refractivity contribution >= 4 is 35.4 Å². The number of piperazine rings is 1. The molecular weight excluding hydrogens is 698 g/mol. The van der Waals surface area contributed by atoms with E-state index in [1.807, 2.05) is 47.4 Å². The zero-order valence-electron chi connectivity index (χ0n) is 26.2. The molecule has 0 bridgehead atoms. The van der Waals surface area contributed by atoms with Gasteiger partial charge in [-0.15, -0.1) is 0 Å². The van der Waals surface area contributed by atoms with Crippen molar-refractivity contribution in [3.8, 4) is 0 Å². The second kappa shape index (κ2) is 17.3. The minimum Gasteiger partial charge on any atom is -0.475 e. The summed E-state index contributed by atoms with van der Waals surface area (Å²) in [6.45, 7) is 3.79. The number of hydrogen-bond donors (Lipinski definition) is 3. The zero-order chi connectivity index (χ0) is 37.2. The first-order valence-corrected chi connectivity index (χ1v) is 15.3. The summed E-state index contributed by atoms with van der Waals surface area (Å²) in [5.74, 6) is -5.74. The molecule has 0 aliphatic carbocycles. The Bertz CT molecular complexity index is 1570. The van der Waals surface area contributed by atoms with E-state index in [2.05, 4.69) is 41.3 Å². The molecule has 0 saturated carbocycles. The SMILES string of the molecule is N[C@@H](CC(=O)N1CCN(C(c2ccccc2)c2ccc(Cl)cc2)CC1)C(=O)N1Cc2ccccc2C1.O=C(O)C(F)(F)F.O=C(O)C(F)(F)F. The van der Waals surface area contributed by atoms with Crippen LogP contribution in [0.4, 0.5) is 26.3 Å². The smallest absolute Gasteiger partial charge is 0.475 e. The van der Waals surface area contributed by atoms with Gasteiger partial charge in [0.05, 0.1) is 18.5 Å². The Morgan fingerprint density at radius 2 is 1.10 bits per heavy atom. The molecule has 3 aromatic carbocycles. The molecular formula is C33H33ClF6N4O6. The van der Waals surface area contributed by atoms with Crippen molar-refractivity contribution in [3.05, 3.63) is 106 Å². The number of hydrogen-bond acceptors (Lipinski definition) is 6. The third-order valence-corrected chi connectivity index (χ3v) is 7.93. The van der Waals surface area contributed by atoms with Crippen LogP contribution in [0.15, 0.2) is 78.9 Å². The number of carbonyl (C=O) groups excluding carboxylic acids is 2. The molecule has 10 nitrogen and oxygen atoms in total. The summed E-state index contributed by atoms with van der Waals surface area (Å²) in [4.78, 5) is 49.7. The Labute approximate surface area is 287 Å². The molecule has 2 heterocycles. The highest BCUT2D eigenvalue weighted by atomic mass is 35.5. The van der Waals surface area contributed by atoms with Crippen molar-refractivity contribution in [1.29, 1.82) is 0 Å². The van der Waals surface area contributed by atoms with E-state index >= 15 is 0 Å². The predicted molar refractivity (Wildman–Crippen MR) is 169 cm³/mol. The third-order valence-electron chi connectivity index (χ3n) is 7.68. The molecule has 3 aromatic rings.